The summed E-state index contributed by atoms with van der Waals surface area (Å²) in [6, 6.07) is 8.05. The second-order valence-corrected chi connectivity index (χ2v) is 9.69. The van der Waals surface area contributed by atoms with E-state index in [1.54, 1.807) is 24.5 Å². The summed E-state index contributed by atoms with van der Waals surface area (Å²) >= 11 is 0. The summed E-state index contributed by atoms with van der Waals surface area (Å²) in [6.07, 6.45) is 8.43. The summed E-state index contributed by atoms with van der Waals surface area (Å²) in [5, 5.41) is 16.8. The number of hydrogen-bond acceptors (Lipinski definition) is 8. The number of carbonyl (C=O) groups excluding carboxylic acids is 1. The zero-order valence-corrected chi connectivity index (χ0v) is 20.6. The van der Waals surface area contributed by atoms with E-state index in [0.29, 0.717) is 30.5 Å². The van der Waals surface area contributed by atoms with Crippen molar-refractivity contribution in [1.82, 2.24) is 20.2 Å². The standard InChI is InChI=1S/C27H33N5O4/c1-18-9-23(35-16-24-13-28-17-36-24)10-19-6-8-32(15-25(18)19)14-22(33)12-30-27(34)20-5-7-29-26(11-20)31-21-3-2-4-21/h5,7,9-11,13,17,21-22,33H,2-4,6,8,12,14-16H2,1H3,(H,29,31)(H,30,34). The fourth-order valence-corrected chi connectivity index (χ4v) is 4.68. The minimum Gasteiger partial charge on any atom is -0.486 e. The van der Waals surface area contributed by atoms with Crippen LogP contribution in [0.5, 0.6) is 5.75 Å². The Morgan fingerprint density at radius 3 is 3.00 bits per heavy atom. The molecule has 190 valence electrons. The smallest absolute Gasteiger partial charge is 0.251 e. The predicted octanol–water partition coefficient (Wildman–Crippen LogP) is 3.07. The van der Waals surface area contributed by atoms with Crippen LogP contribution >= 0.6 is 0 Å². The largest absolute Gasteiger partial charge is 0.486 e. The lowest BCUT2D eigenvalue weighted by Gasteiger charge is -2.31. The molecular weight excluding hydrogens is 458 g/mol. The fourth-order valence-electron chi connectivity index (χ4n) is 4.68. The van der Waals surface area contributed by atoms with Gasteiger partial charge in [0.05, 0.1) is 12.3 Å². The van der Waals surface area contributed by atoms with Gasteiger partial charge in [0.1, 0.15) is 18.2 Å². The van der Waals surface area contributed by atoms with Crippen LogP contribution < -0.4 is 15.4 Å². The molecule has 1 aliphatic heterocycles. The van der Waals surface area contributed by atoms with Crippen LogP contribution in [0.1, 0.15) is 52.1 Å². The number of aliphatic hydroxyl groups excluding tert-OH is 1. The highest BCUT2D eigenvalue weighted by atomic mass is 16.5. The number of ether oxygens (including phenoxy) is 1. The molecule has 0 saturated heterocycles. The Balaban J connectivity index is 1.10. The lowest BCUT2D eigenvalue weighted by molar-refractivity contribution is 0.0841. The fraction of sp³-hybridized carbons (Fsp3) is 0.444. The van der Waals surface area contributed by atoms with Gasteiger partial charge in [-0.05, 0) is 73.6 Å². The number of pyridine rings is 1. The number of carbonyl (C=O) groups is 1. The van der Waals surface area contributed by atoms with E-state index in [0.717, 1.165) is 49.5 Å². The first-order valence-corrected chi connectivity index (χ1v) is 12.6. The van der Waals surface area contributed by atoms with E-state index in [2.05, 4.69) is 38.5 Å². The summed E-state index contributed by atoms with van der Waals surface area (Å²) in [6.45, 7) is 4.72. The van der Waals surface area contributed by atoms with E-state index in [1.807, 2.05) is 6.07 Å². The van der Waals surface area contributed by atoms with Gasteiger partial charge in [-0.15, -0.1) is 0 Å². The molecule has 0 spiro atoms. The van der Waals surface area contributed by atoms with Crippen LogP contribution in [-0.2, 0) is 19.6 Å². The van der Waals surface area contributed by atoms with Gasteiger partial charge in [0, 0.05) is 44.0 Å². The van der Waals surface area contributed by atoms with E-state index in [4.69, 9.17) is 9.15 Å². The van der Waals surface area contributed by atoms with Gasteiger partial charge in [-0.2, -0.15) is 0 Å². The molecule has 1 saturated carbocycles. The lowest BCUT2D eigenvalue weighted by atomic mass is 9.93. The van der Waals surface area contributed by atoms with Gasteiger partial charge in [-0.1, -0.05) is 0 Å². The highest BCUT2D eigenvalue weighted by Crippen LogP contribution is 2.28. The number of aromatic nitrogens is 2. The average Bonchev–Trinajstić information content (AvgIpc) is 3.38. The number of rotatable bonds is 10. The Hall–Kier alpha value is -3.43. The summed E-state index contributed by atoms with van der Waals surface area (Å²) in [5.74, 6) is 2.03. The van der Waals surface area contributed by atoms with Crippen molar-refractivity contribution in [3.63, 3.8) is 0 Å². The Morgan fingerprint density at radius 2 is 2.22 bits per heavy atom. The molecule has 9 nitrogen and oxygen atoms in total. The number of oxazole rings is 1. The molecule has 1 aromatic carbocycles. The summed E-state index contributed by atoms with van der Waals surface area (Å²) < 4.78 is 11.1. The lowest BCUT2D eigenvalue weighted by Crippen LogP contribution is -2.42. The molecule has 36 heavy (non-hydrogen) atoms. The number of aliphatic hydroxyl groups is 1. The van der Waals surface area contributed by atoms with E-state index in [1.165, 1.54) is 23.9 Å². The summed E-state index contributed by atoms with van der Waals surface area (Å²) in [4.78, 5) is 23.1. The minimum atomic E-state index is -0.658. The first-order chi connectivity index (χ1) is 17.5. The normalized spacial score (nSPS) is 16.6. The maximum Gasteiger partial charge on any atom is 0.251 e. The van der Waals surface area contributed by atoms with E-state index in [9.17, 15) is 9.90 Å². The van der Waals surface area contributed by atoms with Gasteiger partial charge in [0.25, 0.3) is 5.91 Å². The van der Waals surface area contributed by atoms with E-state index >= 15 is 0 Å². The molecule has 3 N–H and O–H groups in total. The maximum absolute atomic E-state index is 12.6. The van der Waals surface area contributed by atoms with Gasteiger partial charge < -0.3 is 24.9 Å². The number of anilines is 1. The minimum absolute atomic E-state index is 0.198. The molecule has 3 heterocycles. The number of nitrogens with zero attached hydrogens (tertiary/aromatic N) is 3. The van der Waals surface area contributed by atoms with Gasteiger partial charge >= 0.3 is 0 Å². The molecule has 0 radical (unpaired) electrons. The Labute approximate surface area is 210 Å². The van der Waals surface area contributed by atoms with Crippen LogP contribution in [0.3, 0.4) is 0 Å². The molecule has 1 unspecified atom stereocenters. The van der Waals surface area contributed by atoms with E-state index in [-0.39, 0.29) is 12.5 Å². The SMILES string of the molecule is Cc1cc(OCc2cnco2)cc2c1CN(CC(O)CNC(=O)c1ccnc(NC3CCC3)c1)CC2. The Bertz CT molecular complexity index is 1180. The predicted molar refractivity (Wildman–Crippen MR) is 135 cm³/mol. The Kier molecular flexibility index (Phi) is 7.48. The maximum atomic E-state index is 12.6. The summed E-state index contributed by atoms with van der Waals surface area (Å²) in [5.41, 5.74) is 4.25. The van der Waals surface area contributed by atoms with Crippen molar-refractivity contribution in [1.29, 1.82) is 0 Å². The third-order valence-corrected chi connectivity index (χ3v) is 6.93. The van der Waals surface area contributed by atoms with Gasteiger partial charge in [-0.25, -0.2) is 9.97 Å². The van der Waals surface area contributed by atoms with Crippen molar-refractivity contribution in [2.24, 2.45) is 0 Å². The number of hydrogen-bond donors (Lipinski definition) is 3. The molecule has 1 fully saturated rings. The number of nitrogens with one attached hydrogen (secondary N) is 2. The van der Waals surface area contributed by atoms with Crippen molar-refractivity contribution < 1.29 is 19.1 Å². The molecule has 1 aliphatic carbocycles. The zero-order valence-electron chi connectivity index (χ0n) is 20.6. The molecule has 1 amide bonds. The number of amides is 1. The molecule has 1 atom stereocenters. The van der Waals surface area contributed by atoms with Crippen LogP contribution in [0, 0.1) is 6.92 Å². The van der Waals surface area contributed by atoms with Crippen LogP contribution in [-0.4, -0.2) is 57.7 Å². The van der Waals surface area contributed by atoms with Crippen molar-refractivity contribution in [2.75, 3.05) is 25.0 Å². The van der Waals surface area contributed by atoms with Gasteiger partial charge in [0.2, 0.25) is 0 Å². The second kappa shape index (κ2) is 11.1. The highest BCUT2D eigenvalue weighted by molar-refractivity contribution is 5.94. The first kappa shape index (κ1) is 24.3. The van der Waals surface area contributed by atoms with Crippen LogP contribution in [0.25, 0.3) is 0 Å². The van der Waals surface area contributed by atoms with Crippen LogP contribution in [0.2, 0.25) is 0 Å². The highest BCUT2D eigenvalue weighted by Gasteiger charge is 2.22. The molecule has 2 aromatic heterocycles. The van der Waals surface area contributed by atoms with Crippen LogP contribution in [0.4, 0.5) is 5.82 Å². The molecule has 2 aliphatic rings. The van der Waals surface area contributed by atoms with E-state index < -0.39 is 6.10 Å². The third kappa shape index (κ3) is 6.03. The van der Waals surface area contributed by atoms with Crippen molar-refractivity contribution >= 4 is 11.7 Å². The quantitative estimate of drug-likeness (QED) is 0.397. The topological polar surface area (TPSA) is 113 Å². The van der Waals surface area contributed by atoms with Crippen molar-refractivity contribution in [2.45, 2.75) is 57.9 Å². The molecular formula is C27H33N5O4. The number of benzene rings is 1. The van der Waals surface area contributed by atoms with Gasteiger partial charge in [-0.3, -0.25) is 9.69 Å². The monoisotopic (exact) mass is 491 g/mol. The van der Waals surface area contributed by atoms with Crippen molar-refractivity contribution in [3.05, 3.63) is 71.1 Å². The third-order valence-electron chi connectivity index (χ3n) is 6.93. The average molecular weight is 492 g/mol. The zero-order chi connectivity index (χ0) is 24.9. The van der Waals surface area contributed by atoms with Crippen molar-refractivity contribution in [3.8, 4) is 5.75 Å². The molecule has 3 aromatic rings. The number of fused-ring (bicyclic) bond motifs is 1. The molecule has 0 bridgehead atoms. The van der Waals surface area contributed by atoms with Gasteiger partial charge in [0.15, 0.2) is 12.2 Å². The number of β-amino-alcohol motifs (C(OH)–C–C–N with tert-alkyl or cyclic N) is 1. The van der Waals surface area contributed by atoms with Crippen LogP contribution in [0.15, 0.2) is 47.5 Å². The summed E-state index contributed by atoms with van der Waals surface area (Å²) in [7, 11) is 0. The number of aryl methyl sites for hydroxylation is 1. The second-order valence-electron chi connectivity index (χ2n) is 9.69. The first-order valence-electron chi connectivity index (χ1n) is 12.6. The molecule has 5 rings (SSSR count). The molecule has 9 heteroatoms. The Morgan fingerprint density at radius 1 is 1.33 bits per heavy atom.